The molecule has 8 nitrogen and oxygen atoms in total. The highest BCUT2D eigenvalue weighted by Crippen LogP contribution is 2.30. The second-order valence-corrected chi connectivity index (χ2v) is 9.64. The number of hydrogen-bond donors (Lipinski definition) is 0. The van der Waals surface area contributed by atoms with E-state index in [1.54, 1.807) is 12.1 Å². The third kappa shape index (κ3) is 7.58. The maximum absolute atomic E-state index is 12.8. The van der Waals surface area contributed by atoms with Crippen LogP contribution in [0.1, 0.15) is 58.8 Å². The lowest BCUT2D eigenvalue weighted by molar-refractivity contribution is -0.305. The van der Waals surface area contributed by atoms with Gasteiger partial charge >= 0.3 is 11.9 Å². The molecule has 3 aromatic rings. The lowest BCUT2D eigenvalue weighted by Gasteiger charge is -2.26. The Morgan fingerprint density at radius 2 is 1.71 bits per heavy atom. The van der Waals surface area contributed by atoms with Gasteiger partial charge in [-0.05, 0) is 59.3 Å². The first-order chi connectivity index (χ1) is 18.6. The summed E-state index contributed by atoms with van der Waals surface area (Å²) in [5.74, 6) is -1.14. The first-order valence-corrected chi connectivity index (χ1v) is 13.7. The highest BCUT2D eigenvalue weighted by molar-refractivity contribution is 9.09. The van der Waals surface area contributed by atoms with Gasteiger partial charge in [0.25, 0.3) is 0 Å². The number of halogens is 1. The fourth-order valence-corrected chi connectivity index (χ4v) is 4.59. The van der Waals surface area contributed by atoms with Gasteiger partial charge in [0.05, 0.1) is 24.8 Å². The predicted octanol–water partition coefficient (Wildman–Crippen LogP) is 7.48. The topological polar surface area (TPSA) is 103 Å². The molecular formula is C29H30BrN3O5. The molecule has 0 aromatic heterocycles. The van der Waals surface area contributed by atoms with Gasteiger partial charge in [0.2, 0.25) is 0 Å². The predicted molar refractivity (Wildman–Crippen MR) is 147 cm³/mol. The van der Waals surface area contributed by atoms with Crippen molar-refractivity contribution in [3.8, 4) is 5.75 Å². The van der Waals surface area contributed by atoms with E-state index in [1.807, 2.05) is 66.7 Å². The minimum Gasteiger partial charge on any atom is -0.489 e. The number of esters is 1. The molecule has 1 heterocycles. The summed E-state index contributed by atoms with van der Waals surface area (Å²) in [5, 5.41) is 4.92. The van der Waals surface area contributed by atoms with Crippen LogP contribution >= 0.6 is 15.9 Å². The van der Waals surface area contributed by atoms with Crippen molar-refractivity contribution in [3.05, 3.63) is 112 Å². The Kier molecular flexibility index (Phi) is 10.2. The zero-order chi connectivity index (χ0) is 26.6. The molecule has 38 heavy (non-hydrogen) atoms. The number of hydrogen-bond acceptors (Lipinski definition) is 6. The number of alkyl halides is 1. The van der Waals surface area contributed by atoms with Gasteiger partial charge in [0.1, 0.15) is 12.4 Å². The smallest absolute Gasteiger partial charge is 0.342 e. The molecule has 0 saturated carbocycles. The zero-order valence-electron chi connectivity index (χ0n) is 21.0. The van der Waals surface area contributed by atoms with Crippen LogP contribution in [0, 0.1) is 0 Å². The Morgan fingerprint density at radius 3 is 2.42 bits per heavy atom. The van der Waals surface area contributed by atoms with E-state index in [0.717, 1.165) is 41.3 Å². The molecule has 0 spiro atoms. The maximum Gasteiger partial charge on any atom is 0.342 e. The molecule has 198 valence electrons. The minimum atomic E-state index is -1.30. The third-order valence-electron chi connectivity index (χ3n) is 6.14. The SMILES string of the molecule is [N-]=[N+]=NC(c1ccccc1)c1cccc(OCc2ccc(C(=O)OC3(CCCCCBr)OCCO3)cc2)c1. The molecule has 1 aliphatic rings. The van der Waals surface area contributed by atoms with Crippen LogP contribution in [0.2, 0.25) is 0 Å². The van der Waals surface area contributed by atoms with Gasteiger partial charge in [0, 0.05) is 16.7 Å². The number of rotatable bonds is 13. The van der Waals surface area contributed by atoms with Crippen LogP contribution in [0.3, 0.4) is 0 Å². The molecule has 0 N–H and O–H groups in total. The Bertz CT molecular complexity index is 1230. The Hall–Kier alpha value is -3.36. The fraction of sp³-hybridized carbons (Fsp3) is 0.345. The molecule has 0 amide bonds. The summed E-state index contributed by atoms with van der Waals surface area (Å²) in [6, 6.07) is 23.7. The van der Waals surface area contributed by atoms with E-state index in [4.69, 9.17) is 24.5 Å². The molecule has 0 aliphatic carbocycles. The summed E-state index contributed by atoms with van der Waals surface area (Å²) >= 11 is 3.43. The van der Waals surface area contributed by atoms with Gasteiger partial charge < -0.3 is 18.9 Å². The van der Waals surface area contributed by atoms with Crippen molar-refractivity contribution in [2.45, 2.75) is 44.3 Å². The standard InChI is InChI=1S/C29H30BrN3O5/c30-17-6-2-5-16-29(36-18-19-37-29)38-28(34)24-14-12-22(13-15-24)21-35-26-11-7-10-25(20-26)27(32-33-31)23-8-3-1-4-9-23/h1,3-4,7-15,20,27H,2,5-6,16-19,21H2. The van der Waals surface area contributed by atoms with E-state index in [-0.39, 0.29) is 0 Å². The van der Waals surface area contributed by atoms with Crippen molar-refractivity contribution >= 4 is 21.9 Å². The van der Waals surface area contributed by atoms with Crippen molar-refractivity contribution < 1.29 is 23.7 Å². The summed E-state index contributed by atoms with van der Waals surface area (Å²) in [4.78, 5) is 15.8. The molecule has 1 fully saturated rings. The fourth-order valence-electron chi connectivity index (χ4n) is 4.19. The molecule has 9 heteroatoms. The molecule has 0 radical (unpaired) electrons. The number of carbonyl (C=O) groups excluding carboxylic acids is 1. The average Bonchev–Trinajstić information content (AvgIpc) is 3.42. The first-order valence-electron chi connectivity index (χ1n) is 12.6. The van der Waals surface area contributed by atoms with Gasteiger partial charge in [-0.1, -0.05) is 82.1 Å². The molecule has 1 aliphatic heterocycles. The number of benzene rings is 3. The van der Waals surface area contributed by atoms with Crippen molar-refractivity contribution in [2.75, 3.05) is 18.5 Å². The van der Waals surface area contributed by atoms with Crippen molar-refractivity contribution in [2.24, 2.45) is 5.11 Å². The van der Waals surface area contributed by atoms with Crippen LogP contribution in [-0.2, 0) is 20.8 Å². The Morgan fingerprint density at radius 1 is 0.974 bits per heavy atom. The molecule has 1 atom stereocenters. The second-order valence-electron chi connectivity index (χ2n) is 8.85. The number of nitrogens with zero attached hydrogens (tertiary/aromatic N) is 3. The van der Waals surface area contributed by atoms with E-state index in [1.165, 1.54) is 0 Å². The molecule has 1 unspecified atom stereocenters. The number of carbonyl (C=O) groups is 1. The van der Waals surface area contributed by atoms with Crippen molar-refractivity contribution in [1.29, 1.82) is 0 Å². The van der Waals surface area contributed by atoms with E-state index in [0.29, 0.717) is 37.6 Å². The number of ether oxygens (including phenoxy) is 4. The highest BCUT2D eigenvalue weighted by Gasteiger charge is 2.40. The van der Waals surface area contributed by atoms with Crippen LogP contribution < -0.4 is 4.74 Å². The zero-order valence-corrected chi connectivity index (χ0v) is 22.6. The van der Waals surface area contributed by atoms with Gasteiger partial charge in [-0.25, -0.2) is 4.79 Å². The van der Waals surface area contributed by atoms with E-state index < -0.39 is 18.0 Å². The molecule has 1 saturated heterocycles. The lowest BCUT2D eigenvalue weighted by atomic mass is 9.99. The summed E-state index contributed by atoms with van der Waals surface area (Å²) in [6.45, 7) is 1.11. The second kappa shape index (κ2) is 14.0. The number of unbranched alkanes of at least 4 members (excludes halogenated alkanes) is 2. The van der Waals surface area contributed by atoms with Crippen LogP contribution in [0.5, 0.6) is 5.75 Å². The van der Waals surface area contributed by atoms with Crippen molar-refractivity contribution in [3.63, 3.8) is 0 Å². The van der Waals surface area contributed by atoms with Crippen LogP contribution in [-0.4, -0.2) is 30.5 Å². The average molecular weight is 580 g/mol. The lowest BCUT2D eigenvalue weighted by Crippen LogP contribution is -2.36. The van der Waals surface area contributed by atoms with Crippen LogP contribution in [0.4, 0.5) is 0 Å². The largest absolute Gasteiger partial charge is 0.489 e. The summed E-state index contributed by atoms with van der Waals surface area (Å²) in [6.07, 6.45) is 3.37. The van der Waals surface area contributed by atoms with Gasteiger partial charge in [-0.2, -0.15) is 0 Å². The molecule has 0 bridgehead atoms. The first kappa shape index (κ1) is 27.7. The summed E-state index contributed by atoms with van der Waals surface area (Å²) < 4.78 is 23.0. The Balaban J connectivity index is 1.36. The van der Waals surface area contributed by atoms with E-state index in [9.17, 15) is 4.79 Å². The van der Waals surface area contributed by atoms with Crippen molar-refractivity contribution in [1.82, 2.24) is 0 Å². The van der Waals surface area contributed by atoms with Gasteiger partial charge in [0.15, 0.2) is 0 Å². The minimum absolute atomic E-state index is 0.306. The normalized spacial score (nSPS) is 14.9. The van der Waals surface area contributed by atoms with Crippen LogP contribution in [0.15, 0.2) is 84.0 Å². The monoisotopic (exact) mass is 579 g/mol. The molecule has 4 rings (SSSR count). The third-order valence-corrected chi connectivity index (χ3v) is 6.70. The Labute approximate surface area is 230 Å². The van der Waals surface area contributed by atoms with E-state index in [2.05, 4.69) is 26.0 Å². The van der Waals surface area contributed by atoms with Crippen LogP contribution in [0.25, 0.3) is 10.4 Å². The van der Waals surface area contributed by atoms with E-state index >= 15 is 0 Å². The number of azide groups is 1. The molecule has 3 aromatic carbocycles. The molecular weight excluding hydrogens is 550 g/mol. The highest BCUT2D eigenvalue weighted by atomic mass is 79.9. The van der Waals surface area contributed by atoms with Gasteiger partial charge in [-0.15, -0.1) is 0 Å². The quantitative estimate of drug-likeness (QED) is 0.0521. The maximum atomic E-state index is 12.8. The van der Waals surface area contributed by atoms with Gasteiger partial charge in [-0.3, -0.25) is 0 Å². The summed E-state index contributed by atoms with van der Waals surface area (Å²) in [5.41, 5.74) is 12.1. The summed E-state index contributed by atoms with van der Waals surface area (Å²) in [7, 11) is 0.